The molecule has 140 valence electrons. The average molecular weight is 386 g/mol. The summed E-state index contributed by atoms with van der Waals surface area (Å²) in [5, 5.41) is 14.4. The molecular weight excluding hydrogens is 368 g/mol. The van der Waals surface area contributed by atoms with Gasteiger partial charge >= 0.3 is 5.97 Å². The van der Waals surface area contributed by atoms with E-state index in [9.17, 15) is 18.3 Å². The van der Waals surface area contributed by atoms with Gasteiger partial charge < -0.3 is 5.11 Å². The standard InChI is InChI=1S/C18H18N4O4S/c1-11-15-8-13(9-19-17(15)21(2)20-11)27(25,26)22-7-6-12-4-3-5-14(18(23)24)16(12)10-22/h3-5,8-9H,6-7,10H2,1-2H3,(H,23,24). The van der Waals surface area contributed by atoms with Gasteiger partial charge in [-0.1, -0.05) is 12.1 Å². The van der Waals surface area contributed by atoms with Crippen LogP contribution in [0.5, 0.6) is 0 Å². The molecule has 2 aromatic heterocycles. The molecule has 1 aliphatic heterocycles. The molecule has 1 aliphatic rings. The van der Waals surface area contributed by atoms with Gasteiger partial charge in [0.05, 0.1) is 11.3 Å². The smallest absolute Gasteiger partial charge is 0.336 e. The van der Waals surface area contributed by atoms with Crippen LogP contribution in [0.15, 0.2) is 35.4 Å². The number of pyridine rings is 1. The van der Waals surface area contributed by atoms with E-state index in [0.717, 1.165) is 5.56 Å². The molecule has 0 aliphatic carbocycles. The van der Waals surface area contributed by atoms with E-state index in [-0.39, 0.29) is 17.0 Å². The topological polar surface area (TPSA) is 105 Å². The first-order chi connectivity index (χ1) is 12.8. The zero-order valence-corrected chi connectivity index (χ0v) is 15.7. The summed E-state index contributed by atoms with van der Waals surface area (Å²) < 4.78 is 29.2. The molecule has 27 heavy (non-hydrogen) atoms. The predicted octanol–water partition coefficient (Wildman–Crippen LogP) is 1.72. The first kappa shape index (κ1) is 17.6. The maximum Gasteiger partial charge on any atom is 0.336 e. The lowest BCUT2D eigenvalue weighted by Crippen LogP contribution is -2.36. The molecule has 3 aromatic rings. The number of fused-ring (bicyclic) bond motifs is 2. The molecule has 0 radical (unpaired) electrons. The number of hydrogen-bond donors (Lipinski definition) is 1. The summed E-state index contributed by atoms with van der Waals surface area (Å²) in [5.41, 5.74) is 2.88. The summed E-state index contributed by atoms with van der Waals surface area (Å²) in [4.78, 5) is 15.8. The van der Waals surface area contributed by atoms with Crippen molar-refractivity contribution in [3.8, 4) is 0 Å². The van der Waals surface area contributed by atoms with E-state index < -0.39 is 16.0 Å². The first-order valence-corrected chi connectivity index (χ1v) is 9.86. The Morgan fingerprint density at radius 3 is 2.81 bits per heavy atom. The number of rotatable bonds is 3. The number of nitrogens with zero attached hydrogens (tertiary/aromatic N) is 4. The third-order valence-electron chi connectivity index (χ3n) is 4.94. The van der Waals surface area contributed by atoms with Gasteiger partial charge in [0.15, 0.2) is 5.65 Å². The van der Waals surface area contributed by atoms with Crippen LogP contribution in [0, 0.1) is 6.92 Å². The van der Waals surface area contributed by atoms with Crippen molar-refractivity contribution in [3.05, 3.63) is 52.8 Å². The van der Waals surface area contributed by atoms with Crippen molar-refractivity contribution in [2.75, 3.05) is 6.54 Å². The summed E-state index contributed by atoms with van der Waals surface area (Å²) in [6.07, 6.45) is 1.80. The van der Waals surface area contributed by atoms with E-state index in [0.29, 0.717) is 35.3 Å². The Hall–Kier alpha value is -2.78. The fraction of sp³-hybridized carbons (Fsp3) is 0.278. The van der Waals surface area contributed by atoms with E-state index in [1.165, 1.54) is 16.6 Å². The molecule has 1 N–H and O–H groups in total. The molecule has 0 unspecified atom stereocenters. The largest absolute Gasteiger partial charge is 0.478 e. The lowest BCUT2D eigenvalue weighted by atomic mass is 9.96. The van der Waals surface area contributed by atoms with Crippen molar-refractivity contribution in [1.82, 2.24) is 19.1 Å². The molecular formula is C18H18N4O4S. The Morgan fingerprint density at radius 1 is 1.30 bits per heavy atom. The highest BCUT2D eigenvalue weighted by atomic mass is 32.2. The zero-order valence-electron chi connectivity index (χ0n) is 14.9. The van der Waals surface area contributed by atoms with Crippen LogP contribution in [0.25, 0.3) is 11.0 Å². The minimum atomic E-state index is -3.81. The number of carbonyl (C=O) groups is 1. The minimum absolute atomic E-state index is 0.0319. The first-order valence-electron chi connectivity index (χ1n) is 8.42. The highest BCUT2D eigenvalue weighted by Crippen LogP contribution is 2.28. The summed E-state index contributed by atoms with van der Waals surface area (Å²) in [5.74, 6) is -1.06. The number of aromatic carboxylic acids is 1. The van der Waals surface area contributed by atoms with Gasteiger partial charge in [-0.25, -0.2) is 18.2 Å². The van der Waals surface area contributed by atoms with Gasteiger partial charge in [-0.2, -0.15) is 9.40 Å². The summed E-state index contributed by atoms with van der Waals surface area (Å²) in [6.45, 7) is 2.13. The highest BCUT2D eigenvalue weighted by Gasteiger charge is 2.31. The zero-order chi connectivity index (χ0) is 19.3. The summed E-state index contributed by atoms with van der Waals surface area (Å²) in [6, 6.07) is 6.62. The van der Waals surface area contributed by atoms with Gasteiger partial charge in [-0.15, -0.1) is 0 Å². The van der Waals surface area contributed by atoms with Crippen LogP contribution in [0.1, 0.15) is 27.2 Å². The van der Waals surface area contributed by atoms with Gasteiger partial charge in [0.2, 0.25) is 10.0 Å². The third-order valence-corrected chi connectivity index (χ3v) is 6.75. The second kappa shape index (κ2) is 6.14. The van der Waals surface area contributed by atoms with Crippen LogP contribution in [0.2, 0.25) is 0 Å². The second-order valence-corrected chi connectivity index (χ2v) is 8.53. The van der Waals surface area contributed by atoms with Crippen molar-refractivity contribution in [2.24, 2.45) is 7.05 Å². The molecule has 0 bridgehead atoms. The van der Waals surface area contributed by atoms with Gasteiger partial charge in [0.25, 0.3) is 0 Å². The molecule has 0 spiro atoms. The Bertz CT molecular complexity index is 1180. The van der Waals surface area contributed by atoms with Crippen LogP contribution in [-0.4, -0.2) is 45.1 Å². The lowest BCUT2D eigenvalue weighted by molar-refractivity contribution is 0.0694. The Balaban J connectivity index is 1.75. The minimum Gasteiger partial charge on any atom is -0.478 e. The van der Waals surface area contributed by atoms with E-state index in [4.69, 9.17) is 0 Å². The van der Waals surface area contributed by atoms with Gasteiger partial charge in [-0.3, -0.25) is 4.68 Å². The summed E-state index contributed by atoms with van der Waals surface area (Å²) >= 11 is 0. The van der Waals surface area contributed by atoms with Gasteiger partial charge in [0, 0.05) is 31.7 Å². The van der Waals surface area contributed by atoms with Crippen LogP contribution >= 0.6 is 0 Å². The summed E-state index contributed by atoms with van der Waals surface area (Å²) in [7, 11) is -2.05. The molecule has 0 amide bonds. The third kappa shape index (κ3) is 2.79. The average Bonchev–Trinajstić information content (AvgIpc) is 2.94. The SMILES string of the molecule is Cc1nn(C)c2ncc(S(=O)(=O)N3CCc4cccc(C(=O)O)c4C3)cc12. The molecule has 3 heterocycles. The fourth-order valence-electron chi connectivity index (χ4n) is 3.54. The number of carboxylic acid groups (broad SMARTS) is 1. The van der Waals surface area contributed by atoms with Crippen molar-refractivity contribution in [1.29, 1.82) is 0 Å². The number of aromatic nitrogens is 3. The normalized spacial score (nSPS) is 15.0. The van der Waals surface area contributed by atoms with E-state index in [2.05, 4.69) is 10.1 Å². The van der Waals surface area contributed by atoms with Crippen LogP contribution in [0.3, 0.4) is 0 Å². The maximum atomic E-state index is 13.2. The number of sulfonamides is 1. The monoisotopic (exact) mass is 386 g/mol. The van der Waals surface area contributed by atoms with Gasteiger partial charge in [0.1, 0.15) is 4.90 Å². The molecule has 8 nitrogen and oxygen atoms in total. The Labute approximate surface area is 156 Å². The predicted molar refractivity (Wildman–Crippen MR) is 97.9 cm³/mol. The van der Waals surface area contributed by atoms with E-state index in [1.807, 2.05) is 6.07 Å². The Kier molecular flexibility index (Phi) is 4.01. The van der Waals surface area contributed by atoms with E-state index >= 15 is 0 Å². The maximum absolute atomic E-state index is 13.2. The number of benzene rings is 1. The number of aryl methyl sites for hydroxylation is 2. The lowest BCUT2D eigenvalue weighted by Gasteiger charge is -2.29. The fourth-order valence-corrected chi connectivity index (χ4v) is 4.92. The number of carboxylic acids is 1. The molecule has 0 fully saturated rings. The van der Waals surface area contributed by atoms with Gasteiger partial charge in [-0.05, 0) is 36.6 Å². The van der Waals surface area contributed by atoms with Crippen molar-refractivity contribution < 1.29 is 18.3 Å². The molecule has 0 saturated carbocycles. The highest BCUT2D eigenvalue weighted by molar-refractivity contribution is 7.89. The van der Waals surface area contributed by atoms with Crippen LogP contribution < -0.4 is 0 Å². The van der Waals surface area contributed by atoms with Crippen molar-refractivity contribution in [2.45, 2.75) is 24.8 Å². The number of hydrogen-bond acceptors (Lipinski definition) is 5. The van der Waals surface area contributed by atoms with Crippen molar-refractivity contribution in [3.63, 3.8) is 0 Å². The molecule has 4 rings (SSSR count). The Morgan fingerprint density at radius 2 is 2.07 bits per heavy atom. The second-order valence-electron chi connectivity index (χ2n) is 6.59. The van der Waals surface area contributed by atoms with Crippen molar-refractivity contribution >= 4 is 27.0 Å². The molecule has 1 aromatic carbocycles. The molecule has 0 saturated heterocycles. The van der Waals surface area contributed by atoms with E-state index in [1.54, 1.807) is 30.8 Å². The quantitative estimate of drug-likeness (QED) is 0.735. The molecule has 0 atom stereocenters. The van der Waals surface area contributed by atoms with Crippen LogP contribution in [-0.2, 0) is 30.0 Å². The molecule has 9 heteroatoms. The van der Waals surface area contributed by atoms with Crippen LogP contribution in [0.4, 0.5) is 0 Å².